The minimum atomic E-state index is -0.572. The Morgan fingerprint density at radius 3 is 2.71 bits per heavy atom. The molecule has 0 bridgehead atoms. The van der Waals surface area contributed by atoms with Crippen molar-refractivity contribution in [1.82, 2.24) is 0 Å². The molecule has 0 aromatic rings. The van der Waals surface area contributed by atoms with E-state index < -0.39 is 18.7 Å². The highest BCUT2D eigenvalue weighted by Crippen LogP contribution is 2.34. The first-order chi connectivity index (χ1) is 6.72. The summed E-state index contributed by atoms with van der Waals surface area (Å²) in [4.78, 5) is 10.7. The third kappa shape index (κ3) is 4.55. The summed E-state index contributed by atoms with van der Waals surface area (Å²) in [5.74, 6) is 1.88. The lowest BCUT2D eigenvalue weighted by Gasteiger charge is -2.24. The first-order valence-corrected chi connectivity index (χ1v) is 6.78. The molecule has 0 radical (unpaired) electrons. The molecule has 1 saturated heterocycles. The van der Waals surface area contributed by atoms with Crippen molar-refractivity contribution < 1.29 is 13.9 Å². The van der Waals surface area contributed by atoms with Crippen molar-refractivity contribution in [3.8, 4) is 0 Å². The van der Waals surface area contributed by atoms with E-state index in [9.17, 15) is 9.18 Å². The molecule has 0 aliphatic carbocycles. The number of halogens is 1. The lowest BCUT2D eigenvalue weighted by Crippen LogP contribution is -2.23. The maximum atomic E-state index is 12.5. The fourth-order valence-corrected chi connectivity index (χ4v) is 4.26. The highest BCUT2D eigenvalue weighted by molar-refractivity contribution is 8.17. The van der Waals surface area contributed by atoms with E-state index in [4.69, 9.17) is 4.74 Å². The van der Waals surface area contributed by atoms with Gasteiger partial charge in [-0.05, 0) is 17.9 Å². The quantitative estimate of drug-likeness (QED) is 0.703. The van der Waals surface area contributed by atoms with E-state index >= 15 is 0 Å². The molecular weight excluding hydrogens is 223 g/mol. The highest BCUT2D eigenvalue weighted by Gasteiger charge is 2.21. The molecule has 0 amide bonds. The van der Waals surface area contributed by atoms with Crippen LogP contribution in [0.3, 0.4) is 0 Å². The summed E-state index contributed by atoms with van der Waals surface area (Å²) in [7, 11) is 0. The molecule has 0 aromatic carbocycles. The maximum absolute atomic E-state index is 12.5. The molecule has 0 N–H and O–H groups in total. The van der Waals surface area contributed by atoms with E-state index in [1.165, 1.54) is 13.3 Å². The summed E-state index contributed by atoms with van der Waals surface area (Å²) in [6.07, 6.45) is 1.31. The van der Waals surface area contributed by atoms with Crippen LogP contribution in [0.25, 0.3) is 0 Å². The molecule has 0 saturated carbocycles. The van der Waals surface area contributed by atoms with Crippen LogP contribution in [0, 0.1) is 0 Å². The molecule has 0 unspecified atom stereocenters. The maximum Gasteiger partial charge on any atom is 0.302 e. The van der Waals surface area contributed by atoms with Crippen molar-refractivity contribution in [3.63, 3.8) is 0 Å². The fourth-order valence-electron chi connectivity index (χ4n) is 1.26. The lowest BCUT2D eigenvalue weighted by molar-refractivity contribution is -0.147. The van der Waals surface area contributed by atoms with Crippen molar-refractivity contribution in [3.05, 3.63) is 0 Å². The predicted octanol–water partition coefficient (Wildman–Crippen LogP) is 2.47. The second-order valence-corrected chi connectivity index (χ2v) is 6.07. The van der Waals surface area contributed by atoms with Crippen LogP contribution in [0.1, 0.15) is 19.8 Å². The van der Waals surface area contributed by atoms with E-state index in [1.807, 2.05) is 23.5 Å². The normalized spacial score (nSPS) is 20.4. The first-order valence-electron chi connectivity index (χ1n) is 4.68. The summed E-state index contributed by atoms with van der Waals surface area (Å²) in [5.41, 5.74) is 0. The number of carbonyl (C=O) groups is 1. The van der Waals surface area contributed by atoms with Gasteiger partial charge in [0, 0.05) is 13.3 Å². The van der Waals surface area contributed by atoms with Crippen LogP contribution >= 0.6 is 23.5 Å². The van der Waals surface area contributed by atoms with Gasteiger partial charge >= 0.3 is 5.97 Å². The van der Waals surface area contributed by atoms with Crippen LogP contribution < -0.4 is 0 Å². The Balaban J connectivity index is 2.27. The Hall–Kier alpha value is 0.1000. The monoisotopic (exact) mass is 238 g/mol. The number of thioether (sulfide) groups is 2. The van der Waals surface area contributed by atoms with Gasteiger partial charge < -0.3 is 4.74 Å². The fraction of sp³-hybridized carbons (Fsp3) is 0.889. The molecule has 14 heavy (non-hydrogen) atoms. The van der Waals surface area contributed by atoms with Crippen LogP contribution in [0.5, 0.6) is 0 Å². The summed E-state index contributed by atoms with van der Waals surface area (Å²) in [6.45, 7) is 0.751. The summed E-state index contributed by atoms with van der Waals surface area (Å²) >= 11 is 3.68. The molecule has 2 nitrogen and oxygen atoms in total. The zero-order valence-corrected chi connectivity index (χ0v) is 9.83. The minimum Gasteiger partial charge on any atom is -0.460 e. The SMILES string of the molecule is CC(=O)O[C@@H](CF)CC1SCCCS1. The van der Waals surface area contributed by atoms with E-state index in [-0.39, 0.29) is 0 Å². The van der Waals surface area contributed by atoms with E-state index in [0.29, 0.717) is 11.0 Å². The van der Waals surface area contributed by atoms with Gasteiger partial charge in [0.1, 0.15) is 12.8 Å². The van der Waals surface area contributed by atoms with Crippen LogP contribution in [-0.4, -0.2) is 34.8 Å². The molecule has 1 heterocycles. The highest BCUT2D eigenvalue weighted by atomic mass is 32.2. The third-order valence-corrected chi connectivity index (χ3v) is 4.85. The molecule has 5 heteroatoms. The molecule has 1 aliphatic heterocycles. The Kier molecular flexibility index (Phi) is 5.70. The molecule has 1 aliphatic rings. The average molecular weight is 238 g/mol. The molecule has 1 rings (SSSR count). The third-order valence-electron chi connectivity index (χ3n) is 1.86. The smallest absolute Gasteiger partial charge is 0.302 e. The number of carbonyl (C=O) groups excluding carboxylic acids is 1. The van der Waals surface area contributed by atoms with Crippen molar-refractivity contribution in [2.45, 2.75) is 30.5 Å². The number of hydrogen-bond donors (Lipinski definition) is 0. The number of ether oxygens (including phenoxy) is 1. The zero-order valence-electron chi connectivity index (χ0n) is 8.20. The number of rotatable bonds is 4. The van der Waals surface area contributed by atoms with E-state index in [0.717, 1.165) is 11.5 Å². The van der Waals surface area contributed by atoms with Gasteiger partial charge in [0.05, 0.1) is 4.58 Å². The Morgan fingerprint density at radius 1 is 1.57 bits per heavy atom. The number of hydrogen-bond acceptors (Lipinski definition) is 4. The van der Waals surface area contributed by atoms with Crippen LogP contribution in [0.4, 0.5) is 4.39 Å². The Bertz CT molecular complexity index is 184. The van der Waals surface area contributed by atoms with Crippen molar-refractivity contribution in [2.24, 2.45) is 0 Å². The van der Waals surface area contributed by atoms with E-state index in [1.54, 1.807) is 0 Å². The lowest BCUT2D eigenvalue weighted by atomic mass is 10.3. The van der Waals surface area contributed by atoms with Crippen LogP contribution in [-0.2, 0) is 9.53 Å². The number of alkyl halides is 1. The van der Waals surface area contributed by atoms with Gasteiger partial charge in [-0.2, -0.15) is 0 Å². The molecule has 0 aromatic heterocycles. The van der Waals surface area contributed by atoms with Gasteiger partial charge in [-0.25, -0.2) is 4.39 Å². The molecule has 1 fully saturated rings. The Labute approximate surface area is 92.3 Å². The van der Waals surface area contributed by atoms with Gasteiger partial charge in [0.15, 0.2) is 0 Å². The zero-order chi connectivity index (χ0) is 10.4. The van der Waals surface area contributed by atoms with Gasteiger partial charge in [-0.3, -0.25) is 4.79 Å². The second kappa shape index (κ2) is 6.56. The van der Waals surface area contributed by atoms with Crippen molar-refractivity contribution >= 4 is 29.5 Å². The predicted molar refractivity (Wildman–Crippen MR) is 59.5 cm³/mol. The molecular formula is C9H15FO2S2. The largest absolute Gasteiger partial charge is 0.460 e. The summed E-state index contributed by atoms with van der Waals surface area (Å²) < 4.78 is 17.7. The summed E-state index contributed by atoms with van der Waals surface area (Å²) in [5, 5.41) is 0. The standard InChI is InChI=1S/C9H15FO2S2/c1-7(11)12-8(6-10)5-9-13-3-2-4-14-9/h8-9H,2-6H2,1H3/t8-/m1/s1. The van der Waals surface area contributed by atoms with Crippen molar-refractivity contribution in [1.29, 1.82) is 0 Å². The van der Waals surface area contributed by atoms with Gasteiger partial charge in [-0.15, -0.1) is 23.5 Å². The van der Waals surface area contributed by atoms with E-state index in [2.05, 4.69) is 0 Å². The van der Waals surface area contributed by atoms with Crippen molar-refractivity contribution in [2.75, 3.05) is 18.2 Å². The van der Waals surface area contributed by atoms with Crippen LogP contribution in [0.2, 0.25) is 0 Å². The Morgan fingerprint density at radius 2 is 2.21 bits per heavy atom. The topological polar surface area (TPSA) is 26.3 Å². The van der Waals surface area contributed by atoms with Gasteiger partial charge in [-0.1, -0.05) is 0 Å². The summed E-state index contributed by atoms with van der Waals surface area (Å²) in [6, 6.07) is 0. The first kappa shape index (κ1) is 12.2. The molecule has 1 atom stereocenters. The van der Waals surface area contributed by atoms with Gasteiger partial charge in [0.2, 0.25) is 0 Å². The second-order valence-electron chi connectivity index (χ2n) is 3.15. The molecule has 82 valence electrons. The molecule has 0 spiro atoms. The van der Waals surface area contributed by atoms with Crippen LogP contribution in [0.15, 0.2) is 0 Å². The number of esters is 1. The average Bonchev–Trinajstić information content (AvgIpc) is 2.17. The minimum absolute atomic E-state index is 0.390. The van der Waals surface area contributed by atoms with Gasteiger partial charge in [0.25, 0.3) is 0 Å².